The maximum atomic E-state index is 10.9. The van der Waals surface area contributed by atoms with Gasteiger partial charge in [0.1, 0.15) is 0 Å². The molecule has 3 aromatic carbocycles. The fraction of sp³-hybridized carbons (Fsp3) is 0. The van der Waals surface area contributed by atoms with Gasteiger partial charge in [-0.1, -0.05) is 82.7 Å². The Kier molecular flexibility index (Phi) is 6.99. The standard InChI is InChI=1S/C14H10O2.C7H5BrO/c15-9-11-5-1-3-7-13(11)14-8-4-2-6-12(14)10-16;8-7-4-2-1-3-6(7)5-9/h1-10H;1-5H. The van der Waals surface area contributed by atoms with E-state index in [4.69, 9.17) is 0 Å². The van der Waals surface area contributed by atoms with Crippen LogP contribution < -0.4 is 0 Å². The summed E-state index contributed by atoms with van der Waals surface area (Å²) < 4.78 is 0.847. The van der Waals surface area contributed by atoms with Crippen molar-refractivity contribution < 1.29 is 14.4 Å². The lowest BCUT2D eigenvalue weighted by Crippen LogP contribution is -1.91. The van der Waals surface area contributed by atoms with E-state index >= 15 is 0 Å². The lowest BCUT2D eigenvalue weighted by Gasteiger charge is -2.06. The van der Waals surface area contributed by atoms with Gasteiger partial charge in [-0.25, -0.2) is 0 Å². The first-order valence-corrected chi connectivity index (χ1v) is 8.29. The van der Waals surface area contributed by atoms with Crippen molar-refractivity contribution in [2.45, 2.75) is 0 Å². The predicted molar refractivity (Wildman–Crippen MR) is 102 cm³/mol. The van der Waals surface area contributed by atoms with Crippen LogP contribution in [0.25, 0.3) is 11.1 Å². The first-order valence-electron chi connectivity index (χ1n) is 7.49. The monoisotopic (exact) mass is 394 g/mol. The van der Waals surface area contributed by atoms with Crippen LogP contribution >= 0.6 is 15.9 Å². The average molecular weight is 395 g/mol. The smallest absolute Gasteiger partial charge is 0.151 e. The highest BCUT2D eigenvalue weighted by atomic mass is 79.9. The van der Waals surface area contributed by atoms with Gasteiger partial charge in [-0.15, -0.1) is 0 Å². The molecule has 0 aliphatic carbocycles. The Hall–Kier alpha value is -2.85. The summed E-state index contributed by atoms with van der Waals surface area (Å²) in [6.45, 7) is 0. The summed E-state index contributed by atoms with van der Waals surface area (Å²) in [5.41, 5.74) is 3.46. The fourth-order valence-electron chi connectivity index (χ4n) is 2.26. The average Bonchev–Trinajstić information content (AvgIpc) is 2.68. The molecule has 0 atom stereocenters. The largest absolute Gasteiger partial charge is 0.298 e. The van der Waals surface area contributed by atoms with Gasteiger partial charge in [0.25, 0.3) is 0 Å². The molecule has 3 rings (SSSR count). The lowest BCUT2D eigenvalue weighted by molar-refractivity contribution is 0.111. The lowest BCUT2D eigenvalue weighted by atomic mass is 9.96. The summed E-state index contributed by atoms with van der Waals surface area (Å²) >= 11 is 3.23. The molecular weight excluding hydrogens is 380 g/mol. The van der Waals surface area contributed by atoms with Crippen LogP contribution in [0, 0.1) is 0 Å². The molecule has 25 heavy (non-hydrogen) atoms. The van der Waals surface area contributed by atoms with Gasteiger partial charge in [0, 0.05) is 21.2 Å². The Morgan fingerprint density at radius 2 is 0.880 bits per heavy atom. The molecule has 0 heterocycles. The third-order valence-electron chi connectivity index (χ3n) is 3.50. The number of carbonyl (C=O) groups is 3. The molecule has 124 valence electrons. The zero-order valence-electron chi connectivity index (χ0n) is 13.3. The molecule has 0 aliphatic heterocycles. The van der Waals surface area contributed by atoms with E-state index in [0.29, 0.717) is 16.7 Å². The van der Waals surface area contributed by atoms with Crippen molar-refractivity contribution >= 4 is 34.8 Å². The minimum absolute atomic E-state index is 0.594. The molecule has 0 fully saturated rings. The summed E-state index contributed by atoms with van der Waals surface area (Å²) in [5, 5.41) is 0. The molecule has 0 unspecified atom stereocenters. The van der Waals surface area contributed by atoms with Crippen LogP contribution in [-0.4, -0.2) is 18.9 Å². The molecule has 0 saturated carbocycles. The fourth-order valence-corrected chi connectivity index (χ4v) is 2.64. The molecule has 0 aliphatic rings. The molecule has 3 aromatic rings. The van der Waals surface area contributed by atoms with E-state index < -0.39 is 0 Å². The van der Waals surface area contributed by atoms with Gasteiger partial charge in [0.2, 0.25) is 0 Å². The van der Waals surface area contributed by atoms with E-state index in [1.54, 1.807) is 30.3 Å². The van der Waals surface area contributed by atoms with Crippen molar-refractivity contribution in [3.63, 3.8) is 0 Å². The molecule has 4 heteroatoms. The Morgan fingerprint density at radius 1 is 0.520 bits per heavy atom. The molecule has 0 saturated heterocycles. The van der Waals surface area contributed by atoms with E-state index in [1.165, 1.54) is 0 Å². The topological polar surface area (TPSA) is 51.2 Å². The zero-order valence-corrected chi connectivity index (χ0v) is 14.8. The highest BCUT2D eigenvalue weighted by molar-refractivity contribution is 9.10. The summed E-state index contributed by atoms with van der Waals surface area (Å²) in [6, 6.07) is 21.8. The van der Waals surface area contributed by atoms with Crippen LogP contribution in [0.3, 0.4) is 0 Å². The van der Waals surface area contributed by atoms with Crippen molar-refractivity contribution in [3.8, 4) is 11.1 Å². The highest BCUT2D eigenvalue weighted by Gasteiger charge is 2.07. The van der Waals surface area contributed by atoms with E-state index in [-0.39, 0.29) is 0 Å². The Morgan fingerprint density at radius 3 is 1.24 bits per heavy atom. The molecule has 0 bridgehead atoms. The second-order valence-corrected chi connectivity index (χ2v) is 5.90. The highest BCUT2D eigenvalue weighted by Crippen LogP contribution is 2.25. The molecule has 0 amide bonds. The summed E-state index contributed by atoms with van der Waals surface area (Å²) in [5.74, 6) is 0. The van der Waals surface area contributed by atoms with Crippen LogP contribution in [-0.2, 0) is 0 Å². The minimum Gasteiger partial charge on any atom is -0.298 e. The first-order chi connectivity index (χ1) is 12.2. The predicted octanol–water partition coefficient (Wildman–Crippen LogP) is 5.24. The summed E-state index contributed by atoms with van der Waals surface area (Å²) in [6.07, 6.45) is 2.43. The number of hydrogen-bond acceptors (Lipinski definition) is 3. The summed E-state index contributed by atoms with van der Waals surface area (Å²) in [7, 11) is 0. The van der Waals surface area contributed by atoms with Crippen molar-refractivity contribution in [3.05, 3.63) is 94.0 Å². The van der Waals surface area contributed by atoms with Gasteiger partial charge in [0.05, 0.1) is 0 Å². The second kappa shape index (κ2) is 9.45. The molecule has 3 nitrogen and oxygen atoms in total. The number of benzene rings is 3. The van der Waals surface area contributed by atoms with Crippen molar-refractivity contribution in [2.24, 2.45) is 0 Å². The van der Waals surface area contributed by atoms with Gasteiger partial charge in [-0.3, -0.25) is 14.4 Å². The van der Waals surface area contributed by atoms with Gasteiger partial charge in [-0.05, 0) is 17.2 Å². The zero-order chi connectivity index (χ0) is 18.1. The van der Waals surface area contributed by atoms with Crippen LogP contribution in [0.5, 0.6) is 0 Å². The number of halogens is 1. The van der Waals surface area contributed by atoms with Crippen LogP contribution in [0.2, 0.25) is 0 Å². The maximum absolute atomic E-state index is 10.9. The molecular formula is C21H15BrO3. The van der Waals surface area contributed by atoms with E-state index in [1.807, 2.05) is 42.5 Å². The van der Waals surface area contributed by atoms with Gasteiger partial charge < -0.3 is 0 Å². The van der Waals surface area contributed by atoms with Crippen LogP contribution in [0.15, 0.2) is 77.3 Å². The third kappa shape index (κ3) is 4.81. The first kappa shape index (κ1) is 18.5. The van der Waals surface area contributed by atoms with Crippen LogP contribution in [0.1, 0.15) is 31.1 Å². The SMILES string of the molecule is O=Cc1ccccc1-c1ccccc1C=O.O=Cc1ccccc1Br. The van der Waals surface area contributed by atoms with E-state index in [2.05, 4.69) is 15.9 Å². The second-order valence-electron chi connectivity index (χ2n) is 5.05. The van der Waals surface area contributed by atoms with Crippen LogP contribution in [0.4, 0.5) is 0 Å². The van der Waals surface area contributed by atoms with E-state index in [0.717, 1.165) is 34.5 Å². The maximum Gasteiger partial charge on any atom is 0.151 e. The number of carbonyl (C=O) groups excluding carboxylic acids is 3. The van der Waals surface area contributed by atoms with Crippen molar-refractivity contribution in [2.75, 3.05) is 0 Å². The number of rotatable bonds is 4. The number of aldehydes is 3. The number of hydrogen-bond donors (Lipinski definition) is 0. The Labute approximate surface area is 154 Å². The Bertz CT molecular complexity index is 838. The third-order valence-corrected chi connectivity index (χ3v) is 4.22. The summed E-state index contributed by atoms with van der Waals surface area (Å²) in [4.78, 5) is 32.0. The van der Waals surface area contributed by atoms with Crippen molar-refractivity contribution in [1.82, 2.24) is 0 Å². The Balaban J connectivity index is 0.000000212. The van der Waals surface area contributed by atoms with E-state index in [9.17, 15) is 14.4 Å². The van der Waals surface area contributed by atoms with Gasteiger partial charge >= 0.3 is 0 Å². The van der Waals surface area contributed by atoms with Crippen molar-refractivity contribution in [1.29, 1.82) is 0 Å². The molecule has 0 aromatic heterocycles. The van der Waals surface area contributed by atoms with Gasteiger partial charge in [-0.2, -0.15) is 0 Å². The molecule has 0 radical (unpaired) electrons. The normalized spacial score (nSPS) is 9.48. The molecule has 0 spiro atoms. The molecule has 0 N–H and O–H groups in total. The quantitative estimate of drug-likeness (QED) is 0.568. The minimum atomic E-state index is 0.594. The van der Waals surface area contributed by atoms with Gasteiger partial charge in [0.15, 0.2) is 18.9 Å².